The second-order valence-electron chi connectivity index (χ2n) is 25.5. The van der Waals surface area contributed by atoms with Crippen LogP contribution in [0.5, 0.6) is 0 Å². The molecule has 1 aliphatic heterocycles. The highest BCUT2D eigenvalue weighted by molar-refractivity contribution is 8.28. The fourth-order valence-corrected chi connectivity index (χ4v) is 712. The minimum Gasteiger partial charge on any atom is -0.0753 e. The molecular formula is C32H92Si14. The Balaban J connectivity index is 5.22. The second-order valence-corrected chi connectivity index (χ2v) is 190. The van der Waals surface area contributed by atoms with E-state index in [0.29, 0.717) is 0 Å². The average molecular weight is 870 g/mol. The van der Waals surface area contributed by atoms with E-state index in [4.69, 9.17) is 0 Å². The fraction of sp³-hybridized carbons (Fsp3) is 1.00. The molecule has 1 heterocycles. The van der Waals surface area contributed by atoms with E-state index < -0.39 is 100 Å². The van der Waals surface area contributed by atoms with Gasteiger partial charge in [0.1, 0.15) is 0 Å². The predicted octanol–water partition coefficient (Wildman–Crippen LogP) is 12.7. The molecule has 1 aliphatic rings. The first-order chi connectivity index (χ1) is 19.5. The van der Waals surface area contributed by atoms with Crippen molar-refractivity contribution >= 4 is 100 Å². The number of rotatable bonds is 9. The van der Waals surface area contributed by atoms with Gasteiger partial charge in [-0.1, -0.05) is 208 Å². The zero-order chi connectivity index (χ0) is 37.8. The van der Waals surface area contributed by atoms with Gasteiger partial charge in [0.2, 0.25) is 0 Å². The molecule has 1 saturated heterocycles. The summed E-state index contributed by atoms with van der Waals surface area (Å²) in [6, 6.07) is 3.55. The first-order valence-electron chi connectivity index (χ1n) is 19.5. The van der Waals surface area contributed by atoms with Crippen LogP contribution in [-0.4, -0.2) is 100 Å². The summed E-state index contributed by atoms with van der Waals surface area (Å²) < 4.78 is 0. The Morgan fingerprint density at radius 2 is 0.522 bits per heavy atom. The monoisotopic (exact) mass is 868 g/mol. The molecule has 0 radical (unpaired) electrons. The van der Waals surface area contributed by atoms with Crippen molar-refractivity contribution in [2.75, 3.05) is 0 Å². The largest absolute Gasteiger partial charge is 0.0753 e. The lowest BCUT2D eigenvalue weighted by molar-refractivity contribution is 0.869. The molecule has 0 aliphatic carbocycles. The number of hydrogen-bond donors (Lipinski definition) is 0. The Kier molecular flexibility index (Phi) is 13.1. The summed E-state index contributed by atoms with van der Waals surface area (Å²) in [5.74, 6) is 0. The van der Waals surface area contributed by atoms with Crippen molar-refractivity contribution in [3.8, 4) is 0 Å². The lowest BCUT2D eigenvalue weighted by atomic mass is 10.4. The van der Waals surface area contributed by atoms with Gasteiger partial charge in [0, 0.05) is 100 Å². The molecule has 0 atom stereocenters. The topological polar surface area (TPSA) is 0 Å². The third-order valence-corrected chi connectivity index (χ3v) is 388. The molecule has 0 spiro atoms. The average Bonchev–Trinajstić information content (AvgIpc) is 2.69. The van der Waals surface area contributed by atoms with Crippen molar-refractivity contribution in [2.24, 2.45) is 0 Å². The van der Waals surface area contributed by atoms with E-state index in [1.807, 2.05) is 0 Å². The Labute approximate surface area is 306 Å². The quantitative estimate of drug-likeness (QED) is 0.203. The van der Waals surface area contributed by atoms with E-state index in [9.17, 15) is 0 Å². The normalized spacial score (nSPS) is 23.7. The molecule has 14 heteroatoms. The Morgan fingerprint density at radius 3 is 0.674 bits per heavy atom. The van der Waals surface area contributed by atoms with Crippen molar-refractivity contribution in [3.05, 3.63) is 0 Å². The molecule has 0 aromatic heterocycles. The first-order valence-corrected chi connectivity index (χ1v) is 74.9. The van der Waals surface area contributed by atoms with Crippen LogP contribution in [0, 0.1) is 0 Å². The second kappa shape index (κ2) is 12.8. The van der Waals surface area contributed by atoms with Gasteiger partial charge in [0.25, 0.3) is 0 Å². The Hall–Kier alpha value is 3.04. The molecule has 276 valence electrons. The molecule has 0 aromatic carbocycles. The van der Waals surface area contributed by atoms with Gasteiger partial charge in [-0.3, -0.25) is 0 Å². The smallest absolute Gasteiger partial charge is 0.0346 e. The predicted molar refractivity (Wildman–Crippen MR) is 264 cm³/mol. The standard InChI is InChI=1S/C32H92Si14/c1-33(2,3)44(34(4,5)6)31-29-30-32-45(35(7,8)9,36(10,11)12)41(24,25)43(28,40(44,22)23)42(26,27)46(37(13,14)15,38(16,17)18)39(19,20)21/h29-32H2,1-28H3. The molecule has 0 N–H and O–H groups in total. The van der Waals surface area contributed by atoms with Gasteiger partial charge in [-0.15, -0.1) is 0 Å². The maximum Gasteiger partial charge on any atom is 0.0346 e. The third-order valence-electron chi connectivity index (χ3n) is 16.7. The van der Waals surface area contributed by atoms with Crippen LogP contribution in [0.4, 0.5) is 0 Å². The molecule has 46 heavy (non-hydrogen) atoms. The molecule has 1 fully saturated rings. The van der Waals surface area contributed by atoms with Crippen LogP contribution < -0.4 is 0 Å². The van der Waals surface area contributed by atoms with Gasteiger partial charge in [0.15, 0.2) is 0 Å². The van der Waals surface area contributed by atoms with Gasteiger partial charge < -0.3 is 0 Å². The van der Waals surface area contributed by atoms with Crippen molar-refractivity contribution in [1.29, 1.82) is 0 Å². The van der Waals surface area contributed by atoms with Gasteiger partial charge in [0.05, 0.1) is 0 Å². The summed E-state index contributed by atoms with van der Waals surface area (Å²) in [6.45, 7) is 81.4. The summed E-state index contributed by atoms with van der Waals surface area (Å²) in [5.41, 5.74) is 0. The minimum atomic E-state index is -1.76. The van der Waals surface area contributed by atoms with Crippen molar-refractivity contribution in [3.63, 3.8) is 0 Å². The molecular weight excluding hydrogens is 778 g/mol. The molecule has 0 aromatic rings. The van der Waals surface area contributed by atoms with E-state index in [1.54, 1.807) is 24.9 Å². The van der Waals surface area contributed by atoms with E-state index >= 15 is 0 Å². The van der Waals surface area contributed by atoms with Crippen LogP contribution in [0.2, 0.25) is 195 Å². The van der Waals surface area contributed by atoms with Gasteiger partial charge in [-0.2, -0.15) is 0 Å². The summed E-state index contributed by atoms with van der Waals surface area (Å²) in [7, 11) is -14.9. The van der Waals surface area contributed by atoms with Crippen molar-refractivity contribution in [1.82, 2.24) is 0 Å². The molecule has 1 rings (SSSR count). The lowest BCUT2D eigenvalue weighted by Gasteiger charge is -2.79. The van der Waals surface area contributed by atoms with Gasteiger partial charge >= 0.3 is 0 Å². The van der Waals surface area contributed by atoms with Crippen LogP contribution in [0.15, 0.2) is 0 Å². The van der Waals surface area contributed by atoms with Crippen LogP contribution in [0.1, 0.15) is 12.8 Å². The molecule has 0 unspecified atom stereocenters. The molecule has 0 bridgehead atoms. The zero-order valence-corrected chi connectivity index (χ0v) is 51.8. The zero-order valence-electron chi connectivity index (χ0n) is 37.8. The SMILES string of the molecule is C[Si](C)(C)[Si]1([Si](C)(C)C)CCCC[Si]([Si](C)(C)C)([Si](C)(C)C)[Si](C)(C)[Si](C)([Si](C)(C)[Si]([Si](C)(C)C)([Si](C)(C)C)[Si](C)(C)C)[Si]1(C)C. The van der Waals surface area contributed by atoms with Crippen molar-refractivity contribution in [2.45, 2.75) is 208 Å². The van der Waals surface area contributed by atoms with Gasteiger partial charge in [-0.25, -0.2) is 0 Å². The summed E-state index contributed by atoms with van der Waals surface area (Å²) in [6.07, 6.45) is 1.68. The highest BCUT2D eigenvalue weighted by Gasteiger charge is 2.84. The van der Waals surface area contributed by atoms with E-state index in [-0.39, 0.29) is 0 Å². The summed E-state index contributed by atoms with van der Waals surface area (Å²) >= 11 is 0. The van der Waals surface area contributed by atoms with E-state index in [2.05, 4.69) is 183 Å². The maximum absolute atomic E-state index is 3.44. The van der Waals surface area contributed by atoms with E-state index in [1.165, 1.54) is 0 Å². The fourth-order valence-electron chi connectivity index (χ4n) is 18.7. The van der Waals surface area contributed by atoms with E-state index in [0.717, 1.165) is 0 Å². The molecule has 0 amide bonds. The number of hydrogen-bond acceptors (Lipinski definition) is 0. The maximum atomic E-state index is 3.44. The summed E-state index contributed by atoms with van der Waals surface area (Å²) in [4.78, 5) is 0. The van der Waals surface area contributed by atoms with Gasteiger partial charge in [-0.05, 0) is 0 Å². The van der Waals surface area contributed by atoms with Crippen LogP contribution in [0.3, 0.4) is 0 Å². The van der Waals surface area contributed by atoms with Crippen LogP contribution in [0.25, 0.3) is 0 Å². The van der Waals surface area contributed by atoms with Crippen LogP contribution >= 0.6 is 0 Å². The molecule has 0 saturated carbocycles. The highest BCUT2D eigenvalue weighted by atomic mass is 30.4. The Morgan fingerprint density at radius 1 is 0.326 bits per heavy atom. The first kappa shape index (κ1) is 47.1. The minimum absolute atomic E-state index is 1.39. The third kappa shape index (κ3) is 5.99. The summed E-state index contributed by atoms with van der Waals surface area (Å²) in [5, 5.41) is 0. The lowest BCUT2D eigenvalue weighted by Crippen LogP contribution is -3.09. The Bertz CT molecular complexity index is 973. The molecule has 0 nitrogen and oxygen atoms in total. The highest BCUT2D eigenvalue weighted by Crippen LogP contribution is 2.59. The van der Waals surface area contributed by atoms with Crippen molar-refractivity contribution < 1.29 is 0 Å². The van der Waals surface area contributed by atoms with Crippen LogP contribution in [-0.2, 0) is 0 Å².